The van der Waals surface area contributed by atoms with Crippen LogP contribution in [0, 0.1) is 16.2 Å². The van der Waals surface area contributed by atoms with Crippen LogP contribution in [0.1, 0.15) is 74.7 Å². The van der Waals surface area contributed by atoms with E-state index in [1.54, 1.807) is 13.8 Å². The zero-order valence-corrected chi connectivity index (χ0v) is 18.0. The number of phosphoric acid groups is 1. The second-order valence-corrected chi connectivity index (χ2v) is 11.3. The van der Waals surface area contributed by atoms with Crippen LogP contribution in [0.4, 0.5) is 0 Å². The third-order valence-corrected chi connectivity index (χ3v) is 4.57. The van der Waals surface area contributed by atoms with Gasteiger partial charge in [-0.25, -0.2) is 4.57 Å². The highest BCUT2D eigenvalue weighted by Crippen LogP contribution is 2.46. The molecule has 7 heteroatoms. The number of aliphatic hydroxyl groups excluding tert-OH is 1. The van der Waals surface area contributed by atoms with Crippen molar-refractivity contribution in [2.45, 2.75) is 80.8 Å². The average molecular weight is 380 g/mol. The first-order chi connectivity index (χ1) is 11.0. The van der Waals surface area contributed by atoms with Crippen LogP contribution in [0.3, 0.4) is 0 Å². The summed E-state index contributed by atoms with van der Waals surface area (Å²) >= 11 is 0. The molecule has 2 unspecified atom stereocenters. The minimum Gasteiger partial charge on any atom is -0.385 e. The molecule has 0 saturated heterocycles. The molecule has 0 saturated carbocycles. The first kappa shape index (κ1) is 24.7. The number of rotatable bonds is 10. The van der Waals surface area contributed by atoms with Crippen LogP contribution in [0.15, 0.2) is 0 Å². The zero-order chi connectivity index (χ0) is 20.1. The summed E-state index contributed by atoms with van der Waals surface area (Å²) in [5.74, 6) is -0.277. The molecular weight excluding hydrogens is 343 g/mol. The Morgan fingerprint density at radius 3 is 1.88 bits per heavy atom. The Labute approximate surface area is 152 Å². The Hall–Kier alpha value is -0.260. The van der Waals surface area contributed by atoms with E-state index in [0.29, 0.717) is 6.42 Å². The van der Waals surface area contributed by atoms with Crippen LogP contribution < -0.4 is 0 Å². The van der Waals surface area contributed by atoms with Gasteiger partial charge in [-0.2, -0.15) is 0 Å². The summed E-state index contributed by atoms with van der Waals surface area (Å²) < 4.78 is 21.9. The van der Waals surface area contributed by atoms with Crippen molar-refractivity contribution in [2.75, 3.05) is 13.2 Å². The van der Waals surface area contributed by atoms with Crippen molar-refractivity contribution in [1.29, 1.82) is 0 Å². The predicted molar refractivity (Wildman–Crippen MR) is 99.3 cm³/mol. The molecule has 2 N–H and O–H groups in total. The maximum absolute atomic E-state index is 12.2. The van der Waals surface area contributed by atoms with Gasteiger partial charge in [-0.05, 0) is 23.7 Å². The number of aliphatic hydroxyl groups is 1. The van der Waals surface area contributed by atoms with Crippen LogP contribution in [0.2, 0.25) is 0 Å². The van der Waals surface area contributed by atoms with Gasteiger partial charge >= 0.3 is 7.82 Å². The largest absolute Gasteiger partial charge is 0.472 e. The second kappa shape index (κ2) is 9.09. The molecule has 0 spiro atoms. The molecule has 0 aliphatic heterocycles. The lowest BCUT2D eigenvalue weighted by Crippen LogP contribution is -2.39. The van der Waals surface area contributed by atoms with Gasteiger partial charge in [0.1, 0.15) is 6.10 Å². The zero-order valence-electron chi connectivity index (χ0n) is 17.1. The molecular formula is C18H37O6P. The van der Waals surface area contributed by atoms with Gasteiger partial charge in [0.05, 0.1) is 13.2 Å². The summed E-state index contributed by atoms with van der Waals surface area (Å²) in [6.07, 6.45) is 0.604. The lowest BCUT2D eigenvalue weighted by Gasteiger charge is -2.30. The molecule has 0 bridgehead atoms. The standard InChI is InChI=1S/C18H37O6P/c1-16(2,3)11-9-10-14(19)15(20)18(7,8)13-24-25(21,22)23-12-17(4,5)6/h15,20H,9-13H2,1-8H3,(H,21,22). The highest BCUT2D eigenvalue weighted by Gasteiger charge is 2.36. The van der Waals surface area contributed by atoms with Crippen LogP contribution in [0.5, 0.6) is 0 Å². The first-order valence-corrected chi connectivity index (χ1v) is 10.3. The van der Waals surface area contributed by atoms with Gasteiger partial charge in [0, 0.05) is 11.8 Å². The first-order valence-electron chi connectivity index (χ1n) is 8.78. The van der Waals surface area contributed by atoms with Crippen molar-refractivity contribution in [3.05, 3.63) is 0 Å². The Morgan fingerprint density at radius 2 is 1.44 bits per heavy atom. The average Bonchev–Trinajstić information content (AvgIpc) is 2.40. The van der Waals surface area contributed by atoms with Gasteiger partial charge < -0.3 is 10.00 Å². The van der Waals surface area contributed by atoms with E-state index >= 15 is 0 Å². The molecule has 0 radical (unpaired) electrons. The van der Waals surface area contributed by atoms with Crippen molar-refractivity contribution < 1.29 is 28.4 Å². The highest BCUT2D eigenvalue weighted by molar-refractivity contribution is 7.47. The lowest BCUT2D eigenvalue weighted by molar-refractivity contribution is -0.134. The maximum Gasteiger partial charge on any atom is 0.472 e. The number of Topliss-reactive ketones (excluding diaryl/α,β-unsaturated/α-hetero) is 1. The van der Waals surface area contributed by atoms with Crippen LogP contribution >= 0.6 is 7.82 Å². The minimum atomic E-state index is -4.22. The van der Waals surface area contributed by atoms with E-state index in [2.05, 4.69) is 20.8 Å². The molecule has 0 fully saturated rings. The van der Waals surface area contributed by atoms with E-state index in [4.69, 9.17) is 9.05 Å². The van der Waals surface area contributed by atoms with E-state index in [9.17, 15) is 19.4 Å². The molecule has 0 amide bonds. The number of hydrogen-bond acceptors (Lipinski definition) is 5. The van der Waals surface area contributed by atoms with Gasteiger partial charge in [0.2, 0.25) is 0 Å². The van der Waals surface area contributed by atoms with Crippen molar-refractivity contribution in [3.8, 4) is 0 Å². The summed E-state index contributed by atoms with van der Waals surface area (Å²) in [6.45, 7) is 15.0. The summed E-state index contributed by atoms with van der Waals surface area (Å²) in [5.41, 5.74) is -1.13. The number of carbonyl (C=O) groups is 1. The second-order valence-electron chi connectivity index (χ2n) is 9.85. The minimum absolute atomic E-state index is 0.0650. The van der Waals surface area contributed by atoms with Crippen LogP contribution in [-0.4, -0.2) is 35.1 Å². The normalized spacial score (nSPS) is 17.2. The third-order valence-electron chi connectivity index (χ3n) is 3.66. The number of phosphoric ester groups is 1. The topological polar surface area (TPSA) is 93.1 Å². The quantitative estimate of drug-likeness (QED) is 0.548. The Kier molecular flexibility index (Phi) is 9.00. The molecule has 0 aliphatic carbocycles. The monoisotopic (exact) mass is 380 g/mol. The van der Waals surface area contributed by atoms with Crippen LogP contribution in [-0.2, 0) is 18.4 Å². The SMILES string of the molecule is CC(C)(C)CCCC(=O)C(O)C(C)(C)COP(=O)(O)OCC(C)(C)C. The number of hydrogen-bond donors (Lipinski definition) is 2. The van der Waals surface area contributed by atoms with Crippen LogP contribution in [0.25, 0.3) is 0 Å². The third kappa shape index (κ3) is 11.9. The fourth-order valence-corrected chi connectivity index (χ4v) is 3.13. The Balaban J connectivity index is 4.53. The molecule has 0 aromatic rings. The molecule has 25 heavy (non-hydrogen) atoms. The molecule has 0 aromatic heterocycles. The Bertz CT molecular complexity index is 473. The van der Waals surface area contributed by atoms with Gasteiger partial charge in [-0.15, -0.1) is 0 Å². The molecule has 2 atom stereocenters. The molecule has 0 rings (SSSR count). The van der Waals surface area contributed by atoms with Gasteiger partial charge in [0.25, 0.3) is 0 Å². The van der Waals surface area contributed by atoms with Gasteiger partial charge in [0.15, 0.2) is 5.78 Å². The molecule has 0 aliphatic rings. The fourth-order valence-electron chi connectivity index (χ4n) is 2.00. The van der Waals surface area contributed by atoms with Crippen molar-refractivity contribution in [2.24, 2.45) is 16.2 Å². The molecule has 6 nitrogen and oxygen atoms in total. The Morgan fingerprint density at radius 1 is 0.960 bits per heavy atom. The number of carbonyl (C=O) groups excluding carboxylic acids is 1. The lowest BCUT2D eigenvalue weighted by atomic mass is 9.83. The summed E-state index contributed by atoms with van der Waals surface area (Å²) in [7, 11) is -4.22. The highest BCUT2D eigenvalue weighted by atomic mass is 31.2. The van der Waals surface area contributed by atoms with E-state index in [0.717, 1.165) is 6.42 Å². The van der Waals surface area contributed by atoms with E-state index in [-0.39, 0.29) is 36.2 Å². The van der Waals surface area contributed by atoms with E-state index in [1.165, 1.54) is 0 Å². The predicted octanol–water partition coefficient (Wildman–Crippen LogP) is 4.34. The van der Waals surface area contributed by atoms with E-state index in [1.807, 2.05) is 20.8 Å². The van der Waals surface area contributed by atoms with Gasteiger partial charge in [-0.3, -0.25) is 13.8 Å². The molecule has 0 heterocycles. The maximum atomic E-state index is 12.2. The van der Waals surface area contributed by atoms with Crippen molar-refractivity contribution in [1.82, 2.24) is 0 Å². The van der Waals surface area contributed by atoms with Gasteiger partial charge in [-0.1, -0.05) is 55.4 Å². The number of ketones is 1. The molecule has 150 valence electrons. The van der Waals surface area contributed by atoms with E-state index < -0.39 is 19.3 Å². The molecule has 0 aromatic carbocycles. The smallest absolute Gasteiger partial charge is 0.385 e. The summed E-state index contributed by atoms with van der Waals surface area (Å²) in [4.78, 5) is 21.9. The van der Waals surface area contributed by atoms with Crippen molar-refractivity contribution >= 4 is 13.6 Å². The summed E-state index contributed by atoms with van der Waals surface area (Å²) in [5, 5.41) is 10.3. The van der Waals surface area contributed by atoms with Crippen molar-refractivity contribution in [3.63, 3.8) is 0 Å². The fraction of sp³-hybridized carbons (Fsp3) is 0.944. The summed E-state index contributed by atoms with van der Waals surface area (Å²) in [6, 6.07) is 0.